The van der Waals surface area contributed by atoms with Crippen molar-refractivity contribution < 1.29 is 23.6 Å². The molecule has 12 heteroatoms. The lowest BCUT2D eigenvalue weighted by Crippen LogP contribution is -2.26. The molecular weight excluding hydrogens is 416 g/mol. The van der Waals surface area contributed by atoms with Gasteiger partial charge in [-0.25, -0.2) is 14.4 Å². The molecule has 0 aliphatic rings. The fourth-order valence-electron chi connectivity index (χ4n) is 2.15. The lowest BCUT2D eigenvalue weighted by atomic mass is 10.1. The van der Waals surface area contributed by atoms with Gasteiger partial charge in [-0.15, -0.1) is 12.4 Å². The summed E-state index contributed by atoms with van der Waals surface area (Å²) in [5.74, 6) is -1.49. The Morgan fingerprint density at radius 1 is 1.36 bits per heavy atom. The number of hydrogen-bond acceptors (Lipinski definition) is 8. The van der Waals surface area contributed by atoms with Gasteiger partial charge in [-0.2, -0.15) is 4.98 Å². The van der Waals surface area contributed by atoms with E-state index >= 15 is 0 Å². The molecular formula is C16H14Cl2FN5O4. The van der Waals surface area contributed by atoms with E-state index in [-0.39, 0.29) is 48.7 Å². The van der Waals surface area contributed by atoms with Crippen molar-refractivity contribution in [3.63, 3.8) is 0 Å². The van der Waals surface area contributed by atoms with Gasteiger partial charge in [-0.1, -0.05) is 16.8 Å². The second-order valence-corrected chi connectivity index (χ2v) is 5.94. The van der Waals surface area contributed by atoms with Crippen molar-refractivity contribution in [1.29, 1.82) is 0 Å². The minimum absolute atomic E-state index is 0. The largest absolute Gasteiger partial charge is 0.481 e. The van der Waals surface area contributed by atoms with E-state index in [1.807, 2.05) is 0 Å². The minimum Gasteiger partial charge on any atom is -0.481 e. The molecule has 0 saturated heterocycles. The van der Waals surface area contributed by atoms with Crippen LogP contribution in [0.3, 0.4) is 0 Å². The summed E-state index contributed by atoms with van der Waals surface area (Å²) in [6.45, 7) is 0. The van der Waals surface area contributed by atoms with Crippen LogP contribution in [-0.4, -0.2) is 37.2 Å². The highest BCUT2D eigenvalue weighted by Gasteiger charge is 2.16. The Kier molecular flexibility index (Phi) is 7.21. The van der Waals surface area contributed by atoms with Crippen LogP contribution in [0, 0.1) is 5.82 Å². The summed E-state index contributed by atoms with van der Waals surface area (Å²) in [5.41, 5.74) is 6.02. The summed E-state index contributed by atoms with van der Waals surface area (Å²) in [6, 6.07) is 3.34. The maximum atomic E-state index is 14.3. The van der Waals surface area contributed by atoms with Crippen LogP contribution >= 0.6 is 24.0 Å². The summed E-state index contributed by atoms with van der Waals surface area (Å²) in [7, 11) is 0. The monoisotopic (exact) mass is 429 g/mol. The molecule has 0 radical (unpaired) electrons. The Bertz CT molecular complexity index is 954. The number of aromatic nitrogens is 4. The highest BCUT2D eigenvalue weighted by atomic mass is 35.5. The van der Waals surface area contributed by atoms with Gasteiger partial charge in [0.1, 0.15) is 0 Å². The van der Waals surface area contributed by atoms with E-state index < -0.39 is 17.8 Å². The molecule has 2 aromatic heterocycles. The standard InChI is InChI=1S/C16H13ClFN5O4.ClH/c17-9-6-20-16(21-7-9)26-12-2-1-8(3-11(12)18)15-22-13(27-23-15)4-10(19)5-14(24)25;/h1-3,6-7,10H,4-5,19H2,(H,24,25);1H/t10-;/m1./s1. The summed E-state index contributed by atoms with van der Waals surface area (Å²) in [5, 5.41) is 12.8. The molecule has 0 spiro atoms. The third kappa shape index (κ3) is 5.59. The van der Waals surface area contributed by atoms with Crippen molar-refractivity contribution in [2.24, 2.45) is 5.73 Å². The summed E-state index contributed by atoms with van der Waals surface area (Å²) in [6.07, 6.45) is 2.51. The molecule has 0 bridgehead atoms. The molecule has 0 saturated carbocycles. The van der Waals surface area contributed by atoms with E-state index in [4.69, 9.17) is 31.7 Å². The van der Waals surface area contributed by atoms with Crippen LogP contribution in [0.2, 0.25) is 5.02 Å². The van der Waals surface area contributed by atoms with Gasteiger partial charge in [0.15, 0.2) is 11.6 Å². The van der Waals surface area contributed by atoms with Crippen molar-refractivity contribution in [3.05, 3.63) is 47.3 Å². The van der Waals surface area contributed by atoms with Gasteiger partial charge in [-0.3, -0.25) is 4.79 Å². The third-order valence-corrected chi connectivity index (χ3v) is 3.52. The fourth-order valence-corrected chi connectivity index (χ4v) is 2.25. The van der Waals surface area contributed by atoms with Crippen molar-refractivity contribution in [1.82, 2.24) is 20.1 Å². The van der Waals surface area contributed by atoms with Gasteiger partial charge in [0.05, 0.1) is 23.8 Å². The number of aliphatic carboxylic acids is 1. The third-order valence-electron chi connectivity index (χ3n) is 3.33. The number of halogens is 3. The van der Waals surface area contributed by atoms with E-state index in [9.17, 15) is 9.18 Å². The number of ether oxygens (including phenoxy) is 1. The molecule has 28 heavy (non-hydrogen) atoms. The fraction of sp³-hybridized carbons (Fsp3) is 0.188. The lowest BCUT2D eigenvalue weighted by Gasteiger charge is -2.05. The number of nitrogens with zero attached hydrogens (tertiary/aromatic N) is 4. The van der Waals surface area contributed by atoms with Crippen LogP contribution < -0.4 is 10.5 Å². The molecule has 1 aromatic carbocycles. The van der Waals surface area contributed by atoms with E-state index in [2.05, 4.69) is 20.1 Å². The summed E-state index contributed by atoms with van der Waals surface area (Å²) in [4.78, 5) is 22.4. The number of carboxylic acid groups (broad SMARTS) is 1. The topological polar surface area (TPSA) is 137 Å². The van der Waals surface area contributed by atoms with Gasteiger partial charge in [0, 0.05) is 18.0 Å². The predicted molar refractivity (Wildman–Crippen MR) is 98.0 cm³/mol. The number of hydrogen-bond donors (Lipinski definition) is 2. The first-order valence-corrected chi connectivity index (χ1v) is 8.04. The molecule has 0 amide bonds. The molecule has 2 heterocycles. The minimum atomic E-state index is -1.02. The maximum absolute atomic E-state index is 14.3. The Morgan fingerprint density at radius 3 is 2.71 bits per heavy atom. The quantitative estimate of drug-likeness (QED) is 0.580. The van der Waals surface area contributed by atoms with Crippen LogP contribution in [0.5, 0.6) is 11.8 Å². The number of carboxylic acids is 1. The number of nitrogens with two attached hydrogens (primary N) is 1. The van der Waals surface area contributed by atoms with Gasteiger partial charge in [0.2, 0.25) is 11.7 Å². The smallest absolute Gasteiger partial charge is 0.322 e. The van der Waals surface area contributed by atoms with Crippen molar-refractivity contribution >= 4 is 30.0 Å². The Hall–Kier alpha value is -2.82. The van der Waals surface area contributed by atoms with E-state index in [0.29, 0.717) is 10.6 Å². The van der Waals surface area contributed by atoms with E-state index in [1.54, 1.807) is 0 Å². The molecule has 0 unspecified atom stereocenters. The number of carbonyl (C=O) groups is 1. The molecule has 1 atom stereocenters. The SMILES string of the molecule is Cl.N[C@@H](CC(=O)O)Cc1nc(-c2ccc(Oc3ncc(Cl)cn3)c(F)c2)no1. The van der Waals surface area contributed by atoms with Gasteiger partial charge < -0.3 is 20.1 Å². The van der Waals surface area contributed by atoms with Crippen LogP contribution in [0.25, 0.3) is 11.4 Å². The van der Waals surface area contributed by atoms with Crippen molar-refractivity contribution in [3.8, 4) is 23.1 Å². The molecule has 0 fully saturated rings. The van der Waals surface area contributed by atoms with Crippen LogP contribution in [0.4, 0.5) is 4.39 Å². The second kappa shape index (κ2) is 9.40. The Labute approximate surface area is 169 Å². The van der Waals surface area contributed by atoms with E-state index in [0.717, 1.165) is 6.07 Å². The van der Waals surface area contributed by atoms with E-state index in [1.165, 1.54) is 24.5 Å². The molecule has 0 aliphatic heterocycles. The number of rotatable bonds is 7. The first kappa shape index (κ1) is 21.5. The predicted octanol–water partition coefficient (Wildman–Crippen LogP) is 2.88. The molecule has 148 valence electrons. The molecule has 0 aliphatic carbocycles. The first-order valence-electron chi connectivity index (χ1n) is 7.66. The average molecular weight is 430 g/mol. The Morgan fingerprint density at radius 2 is 2.07 bits per heavy atom. The van der Waals surface area contributed by atoms with Gasteiger partial charge in [0.25, 0.3) is 0 Å². The molecule has 3 rings (SSSR count). The Balaban J connectivity index is 0.00000280. The van der Waals surface area contributed by atoms with Gasteiger partial charge >= 0.3 is 12.0 Å². The highest BCUT2D eigenvalue weighted by Crippen LogP contribution is 2.26. The molecule has 3 aromatic rings. The number of benzene rings is 1. The average Bonchev–Trinajstić information content (AvgIpc) is 3.06. The zero-order valence-corrected chi connectivity index (χ0v) is 15.7. The van der Waals surface area contributed by atoms with Crippen LogP contribution in [0.15, 0.2) is 35.1 Å². The maximum Gasteiger partial charge on any atom is 0.322 e. The normalized spacial score (nSPS) is 11.5. The molecule has 9 nitrogen and oxygen atoms in total. The van der Waals surface area contributed by atoms with Crippen LogP contribution in [-0.2, 0) is 11.2 Å². The second-order valence-electron chi connectivity index (χ2n) is 5.50. The molecule has 3 N–H and O–H groups in total. The summed E-state index contributed by atoms with van der Waals surface area (Å²) < 4.78 is 24.6. The summed E-state index contributed by atoms with van der Waals surface area (Å²) >= 11 is 5.68. The first-order chi connectivity index (χ1) is 12.9. The van der Waals surface area contributed by atoms with Crippen LogP contribution in [0.1, 0.15) is 12.3 Å². The van der Waals surface area contributed by atoms with Crippen molar-refractivity contribution in [2.75, 3.05) is 0 Å². The lowest BCUT2D eigenvalue weighted by molar-refractivity contribution is -0.137. The van der Waals surface area contributed by atoms with Crippen molar-refractivity contribution in [2.45, 2.75) is 18.9 Å². The highest BCUT2D eigenvalue weighted by molar-refractivity contribution is 6.30. The zero-order chi connectivity index (χ0) is 19.4. The van der Waals surface area contributed by atoms with Gasteiger partial charge in [-0.05, 0) is 18.2 Å². The zero-order valence-electron chi connectivity index (χ0n) is 14.1.